The molecule has 0 spiro atoms. The zero-order chi connectivity index (χ0) is 10.4. The van der Waals surface area contributed by atoms with Gasteiger partial charge < -0.3 is 10.4 Å². The van der Waals surface area contributed by atoms with Gasteiger partial charge in [0.05, 0.1) is 6.10 Å². The number of rotatable bonds is 6. The van der Waals surface area contributed by atoms with Crippen molar-refractivity contribution in [3.63, 3.8) is 0 Å². The van der Waals surface area contributed by atoms with Crippen molar-refractivity contribution >= 4 is 11.3 Å². The van der Waals surface area contributed by atoms with Crippen LogP contribution in [0.1, 0.15) is 25.1 Å². The molecule has 0 aromatic carbocycles. The quantitative estimate of drug-likeness (QED) is 0.759. The lowest BCUT2D eigenvalue weighted by Crippen LogP contribution is -2.30. The zero-order valence-electron chi connectivity index (χ0n) is 8.86. The zero-order valence-corrected chi connectivity index (χ0v) is 9.68. The second-order valence-corrected chi connectivity index (χ2v) is 4.70. The van der Waals surface area contributed by atoms with E-state index in [-0.39, 0.29) is 6.10 Å². The molecule has 0 fully saturated rings. The van der Waals surface area contributed by atoms with Gasteiger partial charge in [-0.2, -0.15) is 0 Å². The number of aliphatic hydroxyl groups is 1. The molecule has 0 aliphatic heterocycles. The van der Waals surface area contributed by atoms with Crippen LogP contribution in [-0.4, -0.2) is 17.8 Å². The fourth-order valence-corrected chi connectivity index (χ4v) is 1.90. The summed E-state index contributed by atoms with van der Waals surface area (Å²) in [6, 6.07) is 4.15. The van der Waals surface area contributed by atoms with Gasteiger partial charge in [0.25, 0.3) is 0 Å². The molecule has 0 amide bonds. The van der Waals surface area contributed by atoms with Gasteiger partial charge in [0.15, 0.2) is 0 Å². The van der Waals surface area contributed by atoms with Crippen LogP contribution in [0.5, 0.6) is 0 Å². The standard InChI is InChI=1S/C11H19NOS/c1-3-9(2)11(13)8-12-7-10-5-4-6-14-10/h4-6,9,11-13H,3,7-8H2,1-2H3. The average molecular weight is 213 g/mol. The number of thiophene rings is 1. The summed E-state index contributed by atoms with van der Waals surface area (Å²) in [6.07, 6.45) is 0.807. The fourth-order valence-electron chi connectivity index (χ4n) is 1.23. The predicted molar refractivity (Wildman–Crippen MR) is 61.5 cm³/mol. The predicted octanol–water partition coefficient (Wildman–Crippen LogP) is 2.24. The van der Waals surface area contributed by atoms with Crippen LogP contribution in [0.25, 0.3) is 0 Å². The Morgan fingerprint density at radius 3 is 2.93 bits per heavy atom. The fraction of sp³-hybridized carbons (Fsp3) is 0.636. The van der Waals surface area contributed by atoms with Crippen LogP contribution in [0.3, 0.4) is 0 Å². The minimum atomic E-state index is -0.222. The Morgan fingerprint density at radius 1 is 1.57 bits per heavy atom. The summed E-state index contributed by atoms with van der Waals surface area (Å²) in [4.78, 5) is 1.32. The molecule has 0 radical (unpaired) electrons. The summed E-state index contributed by atoms with van der Waals surface area (Å²) in [5, 5.41) is 15.0. The Kier molecular flexibility index (Phi) is 5.15. The highest BCUT2D eigenvalue weighted by Gasteiger charge is 2.10. The van der Waals surface area contributed by atoms with E-state index >= 15 is 0 Å². The molecule has 0 saturated carbocycles. The average Bonchev–Trinajstić information content (AvgIpc) is 2.69. The Balaban J connectivity index is 2.15. The van der Waals surface area contributed by atoms with Gasteiger partial charge in [0, 0.05) is 18.0 Å². The van der Waals surface area contributed by atoms with Gasteiger partial charge in [0.1, 0.15) is 0 Å². The third-order valence-corrected chi connectivity index (χ3v) is 3.41. The molecule has 1 heterocycles. The maximum Gasteiger partial charge on any atom is 0.0690 e. The van der Waals surface area contributed by atoms with E-state index in [1.807, 2.05) is 6.07 Å². The molecular formula is C11H19NOS. The third-order valence-electron chi connectivity index (χ3n) is 2.53. The second-order valence-electron chi connectivity index (χ2n) is 3.66. The van der Waals surface area contributed by atoms with Crippen molar-refractivity contribution in [1.82, 2.24) is 5.32 Å². The molecule has 80 valence electrons. The van der Waals surface area contributed by atoms with Crippen LogP contribution in [0.4, 0.5) is 0 Å². The Labute approximate surface area is 90.0 Å². The van der Waals surface area contributed by atoms with E-state index in [0.29, 0.717) is 12.5 Å². The third kappa shape index (κ3) is 3.78. The van der Waals surface area contributed by atoms with Crippen LogP contribution < -0.4 is 5.32 Å². The van der Waals surface area contributed by atoms with E-state index in [1.54, 1.807) is 11.3 Å². The van der Waals surface area contributed by atoms with Gasteiger partial charge in [-0.05, 0) is 17.4 Å². The molecule has 14 heavy (non-hydrogen) atoms. The van der Waals surface area contributed by atoms with E-state index in [0.717, 1.165) is 13.0 Å². The van der Waals surface area contributed by atoms with Crippen molar-refractivity contribution in [3.8, 4) is 0 Å². The molecule has 2 nitrogen and oxygen atoms in total. The number of nitrogens with one attached hydrogen (secondary N) is 1. The van der Waals surface area contributed by atoms with Gasteiger partial charge >= 0.3 is 0 Å². The van der Waals surface area contributed by atoms with Crippen LogP contribution in [0, 0.1) is 5.92 Å². The Morgan fingerprint density at radius 2 is 2.36 bits per heavy atom. The van der Waals surface area contributed by atoms with Crippen molar-refractivity contribution in [2.24, 2.45) is 5.92 Å². The first-order chi connectivity index (χ1) is 6.74. The summed E-state index contributed by atoms with van der Waals surface area (Å²) in [5.74, 6) is 0.380. The van der Waals surface area contributed by atoms with Gasteiger partial charge in [-0.25, -0.2) is 0 Å². The van der Waals surface area contributed by atoms with Crippen LogP contribution in [-0.2, 0) is 6.54 Å². The highest BCUT2D eigenvalue weighted by Crippen LogP contribution is 2.09. The van der Waals surface area contributed by atoms with Gasteiger partial charge in [-0.1, -0.05) is 26.3 Å². The van der Waals surface area contributed by atoms with E-state index in [2.05, 4.69) is 30.6 Å². The summed E-state index contributed by atoms with van der Waals surface area (Å²) in [6.45, 7) is 5.74. The summed E-state index contributed by atoms with van der Waals surface area (Å²) < 4.78 is 0. The first-order valence-electron chi connectivity index (χ1n) is 5.15. The molecule has 2 unspecified atom stereocenters. The van der Waals surface area contributed by atoms with E-state index in [4.69, 9.17) is 0 Å². The molecule has 0 aliphatic rings. The summed E-state index contributed by atoms with van der Waals surface area (Å²) in [5.41, 5.74) is 0. The van der Waals surface area contributed by atoms with Crippen molar-refractivity contribution < 1.29 is 5.11 Å². The van der Waals surface area contributed by atoms with Crippen molar-refractivity contribution in [1.29, 1.82) is 0 Å². The molecule has 0 aliphatic carbocycles. The topological polar surface area (TPSA) is 32.3 Å². The van der Waals surface area contributed by atoms with Crippen LogP contribution in [0.2, 0.25) is 0 Å². The molecule has 2 N–H and O–H groups in total. The van der Waals surface area contributed by atoms with E-state index in [1.165, 1.54) is 4.88 Å². The molecule has 1 aromatic rings. The van der Waals surface area contributed by atoms with Crippen molar-refractivity contribution in [2.75, 3.05) is 6.54 Å². The highest BCUT2D eigenvalue weighted by atomic mass is 32.1. The normalized spacial score (nSPS) is 15.4. The smallest absolute Gasteiger partial charge is 0.0690 e. The minimum Gasteiger partial charge on any atom is -0.392 e. The van der Waals surface area contributed by atoms with Crippen LogP contribution >= 0.6 is 11.3 Å². The van der Waals surface area contributed by atoms with Crippen LogP contribution in [0.15, 0.2) is 17.5 Å². The van der Waals surface area contributed by atoms with Gasteiger partial charge in [-0.15, -0.1) is 11.3 Å². The molecule has 0 bridgehead atoms. The Hall–Kier alpha value is -0.380. The lowest BCUT2D eigenvalue weighted by atomic mass is 10.0. The SMILES string of the molecule is CCC(C)C(O)CNCc1cccs1. The summed E-state index contributed by atoms with van der Waals surface area (Å²) >= 11 is 1.74. The molecule has 2 atom stereocenters. The molecule has 0 saturated heterocycles. The highest BCUT2D eigenvalue weighted by molar-refractivity contribution is 7.09. The first kappa shape index (κ1) is 11.7. The maximum absolute atomic E-state index is 9.69. The monoisotopic (exact) mass is 213 g/mol. The minimum absolute atomic E-state index is 0.222. The number of hydrogen-bond acceptors (Lipinski definition) is 3. The second kappa shape index (κ2) is 6.17. The van der Waals surface area contributed by atoms with E-state index < -0.39 is 0 Å². The van der Waals surface area contributed by atoms with Crippen molar-refractivity contribution in [2.45, 2.75) is 32.9 Å². The van der Waals surface area contributed by atoms with Gasteiger partial charge in [-0.3, -0.25) is 0 Å². The van der Waals surface area contributed by atoms with Gasteiger partial charge in [0.2, 0.25) is 0 Å². The number of aliphatic hydroxyl groups excluding tert-OH is 1. The largest absolute Gasteiger partial charge is 0.392 e. The lowest BCUT2D eigenvalue weighted by Gasteiger charge is -2.17. The molecule has 3 heteroatoms. The first-order valence-corrected chi connectivity index (χ1v) is 6.03. The number of hydrogen-bond donors (Lipinski definition) is 2. The van der Waals surface area contributed by atoms with E-state index in [9.17, 15) is 5.11 Å². The summed E-state index contributed by atoms with van der Waals surface area (Å²) in [7, 11) is 0. The Bertz CT molecular complexity index is 235. The molecule has 1 aromatic heterocycles. The maximum atomic E-state index is 9.69. The molecular weight excluding hydrogens is 194 g/mol. The van der Waals surface area contributed by atoms with Crippen molar-refractivity contribution in [3.05, 3.63) is 22.4 Å². The molecule has 1 rings (SSSR count). The lowest BCUT2D eigenvalue weighted by molar-refractivity contribution is 0.113.